The Morgan fingerprint density at radius 2 is 0.580 bits per heavy atom. The van der Waals surface area contributed by atoms with E-state index in [0.717, 1.165) is 38.5 Å². The first kappa shape index (κ1) is 86.0. The summed E-state index contributed by atoms with van der Waals surface area (Å²) >= 11 is 0. The van der Waals surface area contributed by atoms with Crippen LogP contribution in [0.15, 0.2) is 12.2 Å². The number of hydrogen-bond acceptors (Lipinski definition) is 8. The molecule has 0 aliphatic rings. The van der Waals surface area contributed by atoms with E-state index in [1.54, 1.807) is 0 Å². The van der Waals surface area contributed by atoms with Crippen molar-refractivity contribution >= 4 is 17.9 Å². The Labute approximate surface area is 548 Å². The highest BCUT2D eigenvalue weighted by Crippen LogP contribution is 2.20. The summed E-state index contributed by atoms with van der Waals surface area (Å²) in [5, 5.41) is 11.8. The highest BCUT2D eigenvalue weighted by atomic mass is 16.7. The molecule has 9 nitrogen and oxygen atoms in total. The topological polar surface area (TPSA) is 111 Å². The molecule has 0 fully saturated rings. The first-order valence-electron chi connectivity index (χ1n) is 39.3. The second kappa shape index (κ2) is 70.9. The normalized spacial score (nSPS) is 12.6. The highest BCUT2D eigenvalue weighted by molar-refractivity contribution is 5.70. The van der Waals surface area contributed by atoms with E-state index < -0.39 is 24.3 Å². The highest BCUT2D eigenvalue weighted by Gasteiger charge is 2.22. The third-order valence-electron chi connectivity index (χ3n) is 18.3. The van der Waals surface area contributed by atoms with Gasteiger partial charge in [-0.2, -0.15) is 0 Å². The number of carbonyl (C=O) groups is 3. The van der Waals surface area contributed by atoms with Crippen LogP contribution in [0.4, 0.5) is 0 Å². The average molecular weight is 1250 g/mol. The summed E-state index contributed by atoms with van der Waals surface area (Å²) in [7, 11) is 5.95. The molecule has 0 saturated carbocycles. The van der Waals surface area contributed by atoms with Crippen LogP contribution in [0, 0.1) is 0 Å². The van der Waals surface area contributed by atoms with Crippen molar-refractivity contribution in [3.8, 4) is 0 Å². The number of allylic oxidation sites excluding steroid dienone is 2. The van der Waals surface area contributed by atoms with Gasteiger partial charge >= 0.3 is 11.9 Å². The zero-order chi connectivity index (χ0) is 64.0. The molecule has 0 aliphatic carbocycles. The van der Waals surface area contributed by atoms with E-state index in [9.17, 15) is 19.5 Å². The number of aliphatic carboxylic acids is 1. The molecule has 0 rings (SSSR count). The van der Waals surface area contributed by atoms with Crippen molar-refractivity contribution in [2.75, 3.05) is 47.5 Å². The molecule has 0 aliphatic heterocycles. The van der Waals surface area contributed by atoms with Crippen LogP contribution in [0.5, 0.6) is 0 Å². The maximum absolute atomic E-state index is 13.0. The number of hydrogen-bond donors (Lipinski definition) is 0. The predicted octanol–water partition coefficient (Wildman–Crippen LogP) is 23.4. The molecule has 88 heavy (non-hydrogen) atoms. The number of quaternary nitrogens is 1. The third kappa shape index (κ3) is 71.5. The van der Waals surface area contributed by atoms with Crippen molar-refractivity contribution < 1.29 is 42.9 Å². The predicted molar refractivity (Wildman–Crippen MR) is 376 cm³/mol. The lowest BCUT2D eigenvalue weighted by molar-refractivity contribution is -0.870. The van der Waals surface area contributed by atoms with E-state index in [4.69, 9.17) is 18.9 Å². The molecule has 0 N–H and O–H groups in total. The van der Waals surface area contributed by atoms with Crippen molar-refractivity contribution in [3.05, 3.63) is 12.2 Å². The van der Waals surface area contributed by atoms with Crippen LogP contribution in [0.2, 0.25) is 0 Å². The minimum absolute atomic E-state index is 0.152. The van der Waals surface area contributed by atoms with Crippen LogP contribution in [0.25, 0.3) is 0 Å². The second-order valence-electron chi connectivity index (χ2n) is 28.4. The lowest BCUT2D eigenvalue weighted by Gasteiger charge is -2.26. The summed E-state index contributed by atoms with van der Waals surface area (Å²) in [4.78, 5) is 37.6. The molecule has 2 atom stereocenters. The summed E-state index contributed by atoms with van der Waals surface area (Å²) in [6.07, 6.45) is 84.8. The van der Waals surface area contributed by atoms with Gasteiger partial charge in [-0.05, 0) is 38.5 Å². The number of carboxylic acid groups (broad SMARTS) is 1. The summed E-state index contributed by atoms with van der Waals surface area (Å²) < 4.78 is 22.9. The molecule has 0 amide bonds. The van der Waals surface area contributed by atoms with Gasteiger partial charge in [-0.3, -0.25) is 9.59 Å². The van der Waals surface area contributed by atoms with Gasteiger partial charge in [-0.25, -0.2) is 0 Å². The van der Waals surface area contributed by atoms with Crippen molar-refractivity contribution in [2.45, 2.75) is 431 Å². The van der Waals surface area contributed by atoms with E-state index in [1.165, 1.54) is 353 Å². The molecule has 2 unspecified atom stereocenters. The van der Waals surface area contributed by atoms with E-state index in [2.05, 4.69) is 26.0 Å². The van der Waals surface area contributed by atoms with Gasteiger partial charge < -0.3 is 33.3 Å². The van der Waals surface area contributed by atoms with Crippen LogP contribution in [0.1, 0.15) is 418 Å². The van der Waals surface area contributed by atoms with Gasteiger partial charge in [0.05, 0.1) is 40.3 Å². The Hall–Kier alpha value is -1.97. The number of nitrogens with zero attached hydrogens (tertiary/aromatic N) is 1. The first-order valence-corrected chi connectivity index (χ1v) is 39.3. The molecule has 522 valence electrons. The lowest BCUT2D eigenvalue weighted by atomic mass is 10.0. The van der Waals surface area contributed by atoms with Gasteiger partial charge in [0.2, 0.25) is 0 Å². The van der Waals surface area contributed by atoms with Crippen LogP contribution < -0.4 is 5.11 Å². The Morgan fingerprint density at radius 1 is 0.330 bits per heavy atom. The molecule has 0 aromatic rings. The summed E-state index contributed by atoms with van der Waals surface area (Å²) in [5.74, 6) is -2.25. The summed E-state index contributed by atoms with van der Waals surface area (Å²) in [6.45, 7) is 4.84. The molecule has 0 heterocycles. The molecule has 0 saturated heterocycles. The van der Waals surface area contributed by atoms with Crippen molar-refractivity contribution in [2.24, 2.45) is 0 Å². The molecule has 0 aromatic carbocycles. The number of esters is 2. The largest absolute Gasteiger partial charge is 0.545 e. The average Bonchev–Trinajstić information content (AvgIpc) is 3.54. The molecule has 9 heteroatoms. The summed E-state index contributed by atoms with van der Waals surface area (Å²) in [5.41, 5.74) is 0. The lowest BCUT2D eigenvalue weighted by Crippen LogP contribution is -2.44. The van der Waals surface area contributed by atoms with Gasteiger partial charge in [0.15, 0.2) is 12.4 Å². The van der Waals surface area contributed by atoms with Gasteiger partial charge in [-0.1, -0.05) is 379 Å². The fourth-order valence-electron chi connectivity index (χ4n) is 12.2. The minimum atomic E-state index is -1.62. The van der Waals surface area contributed by atoms with Gasteiger partial charge in [0, 0.05) is 12.8 Å². The number of rotatable bonds is 75. The zero-order valence-corrected chi connectivity index (χ0v) is 59.9. The minimum Gasteiger partial charge on any atom is -0.545 e. The fourth-order valence-corrected chi connectivity index (χ4v) is 12.2. The SMILES string of the molecule is CCCCCCCCCC/C=C\CCCCCCCCCCCCCCCCCC(=O)OC(COC(=O)CCCCCCCCCCCCCCCCCCCCCCCCCCCCCCCCCCCCCC)COC(OCC[N+](C)(C)C)C(=O)[O-]. The number of carbonyl (C=O) groups excluding carboxylic acids is 3. The Morgan fingerprint density at radius 3 is 0.841 bits per heavy atom. The molecular formula is C79H153NO8. The molecule has 0 radical (unpaired) electrons. The zero-order valence-electron chi connectivity index (χ0n) is 59.9. The van der Waals surface area contributed by atoms with Crippen LogP contribution in [-0.2, 0) is 33.3 Å². The second-order valence-corrected chi connectivity index (χ2v) is 28.4. The summed E-state index contributed by atoms with van der Waals surface area (Å²) in [6, 6.07) is 0. The smallest absolute Gasteiger partial charge is 0.306 e. The molecule has 0 spiro atoms. The number of likely N-dealkylation sites (N-methyl/N-ethyl adjacent to an activating group) is 1. The Kier molecular flexibility index (Phi) is 69.3. The van der Waals surface area contributed by atoms with Crippen molar-refractivity contribution in [3.63, 3.8) is 0 Å². The van der Waals surface area contributed by atoms with Gasteiger partial charge in [0.25, 0.3) is 0 Å². The van der Waals surface area contributed by atoms with Gasteiger partial charge in [0.1, 0.15) is 13.2 Å². The number of unbranched alkanes of at least 4 members (excludes halogenated alkanes) is 58. The van der Waals surface area contributed by atoms with E-state index >= 15 is 0 Å². The first-order chi connectivity index (χ1) is 43.1. The molecule has 0 aromatic heterocycles. The van der Waals surface area contributed by atoms with E-state index in [-0.39, 0.29) is 32.2 Å². The van der Waals surface area contributed by atoms with Crippen LogP contribution in [0.3, 0.4) is 0 Å². The maximum atomic E-state index is 13.0. The Bertz CT molecular complexity index is 1450. The van der Waals surface area contributed by atoms with Crippen molar-refractivity contribution in [1.82, 2.24) is 0 Å². The maximum Gasteiger partial charge on any atom is 0.306 e. The fraction of sp³-hybridized carbons (Fsp3) is 0.937. The van der Waals surface area contributed by atoms with Gasteiger partial charge in [-0.15, -0.1) is 0 Å². The van der Waals surface area contributed by atoms with Crippen LogP contribution >= 0.6 is 0 Å². The van der Waals surface area contributed by atoms with Crippen LogP contribution in [-0.4, -0.2) is 82.3 Å². The molecule has 0 bridgehead atoms. The number of carboxylic acids is 1. The van der Waals surface area contributed by atoms with E-state index in [1.807, 2.05) is 21.1 Å². The Balaban J connectivity index is 3.95. The standard InChI is InChI=1S/C79H153NO8/c1-6-8-10-12-14-16-18-20-22-24-26-28-30-32-34-35-36-37-38-39-40-41-42-44-45-47-49-51-53-55-57-59-61-63-65-67-69-76(81)86-73-75(74-87-79(78(83)84)85-72-71-80(3,4)5)88-77(82)70-68-66-64-62-60-58-56-54-52-50-48-46-43-33-31-29-27-25-23-21-19-17-15-13-11-9-7-2/h25,27,75,79H,6-24,26,28-74H2,1-5H3/b27-25-. The van der Waals surface area contributed by atoms with Crippen molar-refractivity contribution in [1.29, 1.82) is 0 Å². The molecular weight excluding hydrogens is 1090 g/mol. The van der Waals surface area contributed by atoms with E-state index in [0.29, 0.717) is 17.4 Å². The third-order valence-corrected chi connectivity index (χ3v) is 18.3. The monoisotopic (exact) mass is 1240 g/mol. The number of ether oxygens (including phenoxy) is 4. The quantitative estimate of drug-likeness (QED) is 0.0195.